The van der Waals surface area contributed by atoms with Crippen LogP contribution in [0.25, 0.3) is 21.5 Å². The molecule has 8 N–H and O–H groups in total. The molecule has 2 aromatic carbocycles. The van der Waals surface area contributed by atoms with E-state index in [1.807, 2.05) is 0 Å². The molecule has 4 rings (SSSR count). The molecule has 0 aliphatic carbocycles. The van der Waals surface area contributed by atoms with E-state index in [2.05, 4.69) is 0 Å². The summed E-state index contributed by atoms with van der Waals surface area (Å²) in [5.74, 6) is -5.39. The van der Waals surface area contributed by atoms with Crippen molar-refractivity contribution < 1.29 is 45.8 Å². The van der Waals surface area contributed by atoms with Crippen LogP contribution in [-0.2, 0) is 0 Å². The number of aromatic nitrogens is 2. The van der Waals surface area contributed by atoms with Gasteiger partial charge < -0.3 is 40.9 Å². The highest BCUT2D eigenvalue weighted by atomic mass is 16.8. The second kappa shape index (κ2) is 5.11. The van der Waals surface area contributed by atoms with Gasteiger partial charge >= 0.3 is 0 Å². The Bertz CT molecular complexity index is 1050. The third-order valence-electron chi connectivity index (χ3n) is 4.15. The Balaban J connectivity index is 1.99. The summed E-state index contributed by atoms with van der Waals surface area (Å²) in [6.07, 6.45) is 0. The highest BCUT2D eigenvalue weighted by molar-refractivity contribution is 6.02. The van der Waals surface area contributed by atoms with E-state index >= 15 is 0 Å². The summed E-state index contributed by atoms with van der Waals surface area (Å²) in [5, 5.41) is 78.9. The first kappa shape index (κ1) is 16.2. The molecule has 2 aromatic heterocycles. The number of phenolic OH excluding ortho intramolecular Hbond substituents is 4. The van der Waals surface area contributed by atoms with Gasteiger partial charge in [-0.05, 0) is 24.3 Å². The fraction of sp³-hybridized carbons (Fsp3) is 0. The summed E-state index contributed by atoms with van der Waals surface area (Å²) in [4.78, 5) is 5.08. The van der Waals surface area contributed by atoms with Crippen LogP contribution in [0.2, 0.25) is 0 Å². The van der Waals surface area contributed by atoms with Gasteiger partial charge in [-0.25, -0.2) is 0 Å². The number of aromatic hydroxyl groups is 8. The Morgan fingerprint density at radius 1 is 0.444 bits per heavy atom. The van der Waals surface area contributed by atoms with E-state index in [1.165, 1.54) is 0 Å². The number of hydrogen-bond acceptors (Lipinski definition) is 9. The summed E-state index contributed by atoms with van der Waals surface area (Å²) >= 11 is 0. The third-order valence-corrected chi connectivity index (χ3v) is 4.15. The molecule has 0 saturated heterocycles. The summed E-state index contributed by atoms with van der Waals surface area (Å²) in [5.41, 5.74) is 0. The van der Waals surface area contributed by atoms with Crippen LogP contribution in [0.15, 0.2) is 24.3 Å². The zero-order valence-corrected chi connectivity index (χ0v) is 13.2. The average molecular weight is 376 g/mol. The quantitative estimate of drug-likeness (QED) is 0.238. The maximum Gasteiger partial charge on any atom is 0.244 e. The van der Waals surface area contributed by atoms with Gasteiger partial charge in [0.1, 0.15) is 23.0 Å². The van der Waals surface area contributed by atoms with Crippen molar-refractivity contribution in [3.05, 3.63) is 24.3 Å². The van der Waals surface area contributed by atoms with E-state index in [-0.39, 0.29) is 21.5 Å². The molecule has 0 amide bonds. The largest absolute Gasteiger partial charge is 0.507 e. The van der Waals surface area contributed by atoms with Crippen molar-refractivity contribution in [1.82, 2.24) is 9.46 Å². The minimum atomic E-state index is -0.860. The lowest BCUT2D eigenvalue weighted by molar-refractivity contribution is -0.00682. The molecule has 0 saturated carbocycles. The normalized spacial score (nSPS) is 11.4. The van der Waals surface area contributed by atoms with E-state index in [0.29, 0.717) is 9.46 Å². The Kier molecular flexibility index (Phi) is 3.07. The summed E-state index contributed by atoms with van der Waals surface area (Å²) in [6, 6.07) is 4.26. The van der Waals surface area contributed by atoms with Crippen molar-refractivity contribution in [3.8, 4) is 46.5 Å². The molecule has 11 nitrogen and oxygen atoms in total. The summed E-state index contributed by atoms with van der Waals surface area (Å²) in [7, 11) is 0. The molecule has 0 spiro atoms. The van der Waals surface area contributed by atoms with Gasteiger partial charge in [0.15, 0.2) is 0 Å². The minimum absolute atomic E-state index is 0.302. The number of hydrogen-bond donors (Lipinski definition) is 8. The van der Waals surface area contributed by atoms with Crippen molar-refractivity contribution in [2.45, 2.75) is 0 Å². The fourth-order valence-corrected chi connectivity index (χ4v) is 2.91. The number of rotatable bonds is 2. The maximum absolute atomic E-state index is 10.2. The molecule has 0 radical (unpaired) electrons. The second-order valence-corrected chi connectivity index (χ2v) is 5.67. The van der Waals surface area contributed by atoms with E-state index < -0.39 is 46.5 Å². The van der Waals surface area contributed by atoms with Gasteiger partial charge in [-0.3, -0.25) is 4.94 Å². The molecule has 0 aliphatic rings. The maximum atomic E-state index is 10.2. The molecule has 0 aliphatic heterocycles. The molecule has 0 atom stereocenters. The topological polar surface area (TPSA) is 181 Å². The van der Waals surface area contributed by atoms with Crippen LogP contribution in [0.3, 0.4) is 0 Å². The molecule has 0 unspecified atom stereocenters. The first-order valence-electron chi connectivity index (χ1n) is 7.37. The molecular formula is C16H12N2O9. The van der Waals surface area contributed by atoms with Crippen molar-refractivity contribution in [2.24, 2.45) is 0 Å². The molecular weight excluding hydrogens is 364 g/mol. The Hall–Kier alpha value is -4.28. The zero-order valence-electron chi connectivity index (χ0n) is 13.2. The standard InChI is InChI=1S/C16H12N2O9/c19-5-1-2-6(20)10-9(5)13(23)17(14(10)24)27-18-15(25)11-7(21)3-4-8(22)12(11)16(18)26/h1-4,19-26H. The molecule has 0 bridgehead atoms. The van der Waals surface area contributed by atoms with E-state index in [0.717, 1.165) is 24.3 Å². The van der Waals surface area contributed by atoms with Gasteiger partial charge in [-0.15, -0.1) is 0 Å². The van der Waals surface area contributed by atoms with Crippen LogP contribution in [0, 0.1) is 0 Å². The van der Waals surface area contributed by atoms with Crippen LogP contribution in [-0.4, -0.2) is 50.3 Å². The van der Waals surface area contributed by atoms with Gasteiger partial charge in [-0.2, -0.15) is 0 Å². The minimum Gasteiger partial charge on any atom is -0.507 e. The Labute approximate surface area is 148 Å². The monoisotopic (exact) mass is 376 g/mol. The number of fused-ring (bicyclic) bond motifs is 2. The molecule has 140 valence electrons. The Morgan fingerprint density at radius 3 is 0.889 bits per heavy atom. The van der Waals surface area contributed by atoms with Crippen molar-refractivity contribution in [1.29, 1.82) is 0 Å². The number of benzene rings is 2. The highest BCUT2D eigenvalue weighted by Crippen LogP contribution is 2.47. The zero-order chi connectivity index (χ0) is 19.6. The summed E-state index contributed by atoms with van der Waals surface area (Å²) < 4.78 is 0.604. The lowest BCUT2D eigenvalue weighted by atomic mass is 10.2. The summed E-state index contributed by atoms with van der Waals surface area (Å²) in [6.45, 7) is 0. The van der Waals surface area contributed by atoms with E-state index in [9.17, 15) is 40.9 Å². The third kappa shape index (κ3) is 1.96. The van der Waals surface area contributed by atoms with Gasteiger partial charge in [-0.1, -0.05) is 9.46 Å². The second-order valence-electron chi connectivity index (χ2n) is 5.67. The van der Waals surface area contributed by atoms with Gasteiger partial charge in [0.25, 0.3) is 0 Å². The lowest BCUT2D eigenvalue weighted by Crippen LogP contribution is -2.16. The molecule has 11 heteroatoms. The van der Waals surface area contributed by atoms with E-state index in [4.69, 9.17) is 4.94 Å². The highest BCUT2D eigenvalue weighted by Gasteiger charge is 2.28. The van der Waals surface area contributed by atoms with Gasteiger partial charge in [0.05, 0.1) is 21.5 Å². The van der Waals surface area contributed by atoms with Crippen LogP contribution in [0.4, 0.5) is 0 Å². The molecule has 27 heavy (non-hydrogen) atoms. The first-order chi connectivity index (χ1) is 12.7. The predicted octanol–water partition coefficient (Wildman–Crippen LogP) is 1.13. The van der Waals surface area contributed by atoms with Crippen LogP contribution in [0.1, 0.15) is 0 Å². The van der Waals surface area contributed by atoms with Crippen molar-refractivity contribution >= 4 is 21.5 Å². The van der Waals surface area contributed by atoms with E-state index in [1.54, 1.807) is 0 Å². The Morgan fingerprint density at radius 2 is 0.667 bits per heavy atom. The molecule has 4 aromatic rings. The number of nitrogens with zero attached hydrogens (tertiary/aromatic N) is 2. The predicted molar refractivity (Wildman–Crippen MR) is 89.2 cm³/mol. The van der Waals surface area contributed by atoms with Crippen LogP contribution >= 0.6 is 0 Å². The SMILES string of the molecule is Oc1ccc(O)c2c(O)n(On3c(O)c4c(O)ccc(O)c4c3O)c(O)c12. The van der Waals surface area contributed by atoms with Gasteiger partial charge in [0, 0.05) is 0 Å². The molecule has 0 fully saturated rings. The van der Waals surface area contributed by atoms with Crippen molar-refractivity contribution in [2.75, 3.05) is 0 Å². The van der Waals surface area contributed by atoms with Gasteiger partial charge in [0.2, 0.25) is 23.5 Å². The van der Waals surface area contributed by atoms with Crippen LogP contribution in [0.5, 0.6) is 46.5 Å². The molecule has 2 heterocycles. The van der Waals surface area contributed by atoms with Crippen molar-refractivity contribution in [3.63, 3.8) is 0 Å². The fourth-order valence-electron chi connectivity index (χ4n) is 2.91. The smallest absolute Gasteiger partial charge is 0.244 e. The average Bonchev–Trinajstić information content (AvgIpc) is 3.03. The lowest BCUT2D eigenvalue weighted by Gasteiger charge is -2.09. The van der Waals surface area contributed by atoms with Crippen LogP contribution < -0.4 is 4.94 Å². The number of phenols is 4. The first-order valence-corrected chi connectivity index (χ1v) is 7.37.